The first-order valence-corrected chi connectivity index (χ1v) is 6.56. The average molecular weight is 276 g/mol. The lowest BCUT2D eigenvalue weighted by Crippen LogP contribution is -2.31. The van der Waals surface area contributed by atoms with Crippen molar-refractivity contribution in [3.8, 4) is 0 Å². The topological polar surface area (TPSA) is 98.5 Å². The Morgan fingerprint density at radius 1 is 1.50 bits per heavy atom. The van der Waals surface area contributed by atoms with Gasteiger partial charge in [-0.15, -0.1) is 0 Å². The van der Waals surface area contributed by atoms with Crippen LogP contribution in [0.5, 0.6) is 0 Å². The smallest absolute Gasteiger partial charge is 0.321 e. The number of nitrogens with one attached hydrogen (secondary N) is 1. The van der Waals surface area contributed by atoms with Crippen LogP contribution in [0.2, 0.25) is 0 Å². The molecule has 0 aliphatic heterocycles. The van der Waals surface area contributed by atoms with Gasteiger partial charge in [-0.2, -0.15) is 4.72 Å². The molecule has 0 aromatic heterocycles. The van der Waals surface area contributed by atoms with Crippen molar-refractivity contribution < 1.29 is 22.3 Å². The molecule has 0 atom stereocenters. The fraction of sp³-hybridized carbons (Fsp3) is 0.300. The van der Waals surface area contributed by atoms with Gasteiger partial charge in [-0.1, -0.05) is 6.07 Å². The Hall–Kier alpha value is -1.67. The predicted octanol–water partition coefficient (Wildman–Crippen LogP) is 0.249. The van der Waals surface area contributed by atoms with Gasteiger partial charge in [0.05, 0.1) is 12.3 Å². The van der Waals surface area contributed by atoms with Crippen LogP contribution in [-0.2, 0) is 19.6 Å². The van der Waals surface area contributed by atoms with E-state index in [1.165, 1.54) is 12.1 Å². The summed E-state index contributed by atoms with van der Waals surface area (Å²) in [5.74, 6) is -1.73. The van der Waals surface area contributed by atoms with E-state index in [1.807, 2.05) is 4.72 Å². The Morgan fingerprint density at radius 3 is 2.72 bits per heavy atom. The van der Waals surface area contributed by atoms with Crippen molar-refractivity contribution >= 4 is 21.7 Å². The average Bonchev–Trinajstić information content (AvgIpc) is 2.26. The highest BCUT2D eigenvalue weighted by atomic mass is 32.2. The van der Waals surface area contributed by atoms with E-state index in [0.717, 1.165) is 6.07 Å². The highest BCUT2D eigenvalue weighted by Crippen LogP contribution is 2.20. The molecule has 100 valence electrons. The Balaban J connectivity index is 2.91. The second-order valence-corrected chi connectivity index (χ2v) is 4.99. The first kappa shape index (κ1) is 14.4. The number of hydrogen-bond donors (Lipinski definition) is 2. The summed E-state index contributed by atoms with van der Waals surface area (Å²) in [6.45, 7) is 1.13. The minimum atomic E-state index is -4.19. The van der Waals surface area contributed by atoms with Crippen LogP contribution < -0.4 is 10.5 Å². The third kappa shape index (κ3) is 3.41. The minimum Gasteiger partial charge on any atom is -0.465 e. The maximum atomic E-state index is 13.4. The molecule has 3 N–H and O–H groups in total. The van der Waals surface area contributed by atoms with Crippen LogP contribution in [0, 0.1) is 5.82 Å². The van der Waals surface area contributed by atoms with E-state index in [2.05, 4.69) is 4.74 Å². The van der Waals surface area contributed by atoms with Gasteiger partial charge in [0, 0.05) is 0 Å². The molecule has 0 radical (unpaired) electrons. The zero-order valence-electron chi connectivity index (χ0n) is 9.64. The van der Waals surface area contributed by atoms with Crippen molar-refractivity contribution in [2.24, 2.45) is 0 Å². The van der Waals surface area contributed by atoms with Crippen LogP contribution in [0.1, 0.15) is 6.92 Å². The first-order chi connectivity index (χ1) is 8.38. The molecule has 1 aromatic carbocycles. The molecular weight excluding hydrogens is 263 g/mol. The molecule has 0 aliphatic carbocycles. The van der Waals surface area contributed by atoms with E-state index in [9.17, 15) is 17.6 Å². The van der Waals surface area contributed by atoms with Crippen molar-refractivity contribution in [2.45, 2.75) is 11.8 Å². The SMILES string of the molecule is CCOC(=O)CNS(=O)(=O)c1c(N)cccc1F. The molecule has 8 heteroatoms. The van der Waals surface area contributed by atoms with E-state index < -0.39 is 33.3 Å². The van der Waals surface area contributed by atoms with Crippen molar-refractivity contribution in [1.29, 1.82) is 0 Å². The molecule has 0 spiro atoms. The van der Waals surface area contributed by atoms with E-state index in [4.69, 9.17) is 5.73 Å². The summed E-state index contributed by atoms with van der Waals surface area (Å²) in [5.41, 5.74) is 5.17. The van der Waals surface area contributed by atoms with Gasteiger partial charge < -0.3 is 10.5 Å². The summed E-state index contributed by atoms with van der Waals surface area (Å²) in [7, 11) is -4.19. The number of sulfonamides is 1. The van der Waals surface area contributed by atoms with Crippen molar-refractivity contribution in [3.63, 3.8) is 0 Å². The summed E-state index contributed by atoms with van der Waals surface area (Å²) in [4.78, 5) is 10.3. The number of nitrogens with two attached hydrogens (primary N) is 1. The number of rotatable bonds is 5. The van der Waals surface area contributed by atoms with Gasteiger partial charge in [-0.25, -0.2) is 12.8 Å². The van der Waals surface area contributed by atoms with E-state index >= 15 is 0 Å². The summed E-state index contributed by atoms with van der Waals surface area (Å²) in [6.07, 6.45) is 0. The van der Waals surface area contributed by atoms with Gasteiger partial charge in [0.2, 0.25) is 10.0 Å². The number of anilines is 1. The standard InChI is InChI=1S/C10H13FN2O4S/c1-2-17-9(14)6-13-18(15,16)10-7(11)4-3-5-8(10)12/h3-5,13H,2,6,12H2,1H3. The van der Waals surface area contributed by atoms with E-state index in [-0.39, 0.29) is 12.3 Å². The second kappa shape index (κ2) is 5.78. The molecule has 1 aromatic rings. The molecule has 1 rings (SSSR count). The van der Waals surface area contributed by atoms with Crippen LogP contribution in [0.15, 0.2) is 23.1 Å². The number of benzene rings is 1. The van der Waals surface area contributed by atoms with Crippen LogP contribution in [-0.4, -0.2) is 27.5 Å². The molecule has 6 nitrogen and oxygen atoms in total. The molecule has 0 bridgehead atoms. The number of ether oxygens (including phenoxy) is 1. The van der Waals surface area contributed by atoms with Crippen LogP contribution in [0.4, 0.5) is 10.1 Å². The van der Waals surface area contributed by atoms with Gasteiger partial charge in [0.25, 0.3) is 0 Å². The lowest BCUT2D eigenvalue weighted by Gasteiger charge is -2.09. The number of nitrogen functional groups attached to an aromatic ring is 1. The molecular formula is C10H13FN2O4S. The Morgan fingerprint density at radius 2 is 2.17 bits per heavy atom. The van der Waals surface area contributed by atoms with Crippen LogP contribution in [0.3, 0.4) is 0 Å². The lowest BCUT2D eigenvalue weighted by atomic mass is 10.3. The Labute approximate surface area is 104 Å². The number of carbonyl (C=O) groups excluding carboxylic acids is 1. The second-order valence-electron chi connectivity index (χ2n) is 3.29. The zero-order chi connectivity index (χ0) is 13.8. The van der Waals surface area contributed by atoms with Crippen molar-refractivity contribution in [3.05, 3.63) is 24.0 Å². The molecule has 0 saturated heterocycles. The lowest BCUT2D eigenvalue weighted by molar-refractivity contribution is -0.141. The summed E-state index contributed by atoms with van der Waals surface area (Å²) < 4.78 is 43.4. The summed E-state index contributed by atoms with van der Waals surface area (Å²) >= 11 is 0. The molecule has 0 aliphatic rings. The maximum absolute atomic E-state index is 13.4. The van der Waals surface area contributed by atoms with Gasteiger partial charge in [0.15, 0.2) is 0 Å². The minimum absolute atomic E-state index is 0.127. The molecule has 0 unspecified atom stereocenters. The van der Waals surface area contributed by atoms with E-state index in [1.54, 1.807) is 6.92 Å². The highest BCUT2D eigenvalue weighted by molar-refractivity contribution is 7.89. The summed E-state index contributed by atoms with van der Waals surface area (Å²) in [5, 5.41) is 0. The van der Waals surface area contributed by atoms with Gasteiger partial charge in [0.1, 0.15) is 17.3 Å². The Kier molecular flexibility index (Phi) is 4.62. The van der Waals surface area contributed by atoms with Gasteiger partial charge in [-0.05, 0) is 19.1 Å². The van der Waals surface area contributed by atoms with Crippen LogP contribution in [0.25, 0.3) is 0 Å². The van der Waals surface area contributed by atoms with E-state index in [0.29, 0.717) is 0 Å². The highest BCUT2D eigenvalue weighted by Gasteiger charge is 2.22. The fourth-order valence-electron chi connectivity index (χ4n) is 1.25. The third-order valence-corrected chi connectivity index (χ3v) is 3.47. The number of hydrogen-bond acceptors (Lipinski definition) is 5. The Bertz CT molecular complexity index is 525. The number of esters is 1. The third-order valence-electron chi connectivity index (χ3n) is 1.98. The molecule has 0 saturated carbocycles. The van der Waals surface area contributed by atoms with Crippen molar-refractivity contribution in [1.82, 2.24) is 4.72 Å². The molecule has 0 heterocycles. The first-order valence-electron chi connectivity index (χ1n) is 5.07. The van der Waals surface area contributed by atoms with Crippen molar-refractivity contribution in [2.75, 3.05) is 18.9 Å². The normalized spacial score (nSPS) is 11.2. The number of carbonyl (C=O) groups is 1. The molecule has 0 fully saturated rings. The molecule has 18 heavy (non-hydrogen) atoms. The number of halogens is 1. The quantitative estimate of drug-likeness (QED) is 0.593. The van der Waals surface area contributed by atoms with Crippen LogP contribution >= 0.6 is 0 Å². The fourth-order valence-corrected chi connectivity index (χ4v) is 2.40. The zero-order valence-corrected chi connectivity index (χ0v) is 10.5. The monoisotopic (exact) mass is 276 g/mol. The summed E-state index contributed by atoms with van der Waals surface area (Å²) in [6, 6.07) is 3.51. The maximum Gasteiger partial charge on any atom is 0.321 e. The van der Waals surface area contributed by atoms with Gasteiger partial charge >= 0.3 is 5.97 Å². The molecule has 0 amide bonds. The largest absolute Gasteiger partial charge is 0.465 e. The predicted molar refractivity (Wildman–Crippen MR) is 62.6 cm³/mol. The van der Waals surface area contributed by atoms with Gasteiger partial charge in [-0.3, -0.25) is 4.79 Å².